The number of aryl methyl sites for hydroxylation is 1. The summed E-state index contributed by atoms with van der Waals surface area (Å²) < 4.78 is 0. The normalized spacial score (nSPS) is 10.8. The number of hydrogen-bond donors (Lipinski definition) is 2. The largest absolute Gasteiger partial charge is 0.352 e. The van der Waals surface area contributed by atoms with Crippen molar-refractivity contribution >= 4 is 28.3 Å². The van der Waals surface area contributed by atoms with Crippen LogP contribution in [0.15, 0.2) is 60.7 Å². The van der Waals surface area contributed by atoms with Gasteiger partial charge in [0, 0.05) is 12.1 Å². The Morgan fingerprint density at radius 3 is 2.41 bits per heavy atom. The van der Waals surface area contributed by atoms with Crippen LogP contribution >= 0.6 is 0 Å². The average Bonchev–Trinajstić information content (AvgIpc) is 2.65. The van der Waals surface area contributed by atoms with Crippen molar-refractivity contribution in [2.45, 2.75) is 20.8 Å². The van der Waals surface area contributed by atoms with E-state index >= 15 is 0 Å². The molecule has 4 heteroatoms. The smallest absolute Gasteiger partial charge is 0.256 e. The Morgan fingerprint density at radius 1 is 0.889 bits per heavy atom. The minimum atomic E-state index is -0.227. The summed E-state index contributed by atoms with van der Waals surface area (Å²) in [6.45, 7) is 6.60. The first kappa shape index (κ1) is 18.6. The third-order valence-electron chi connectivity index (χ3n) is 4.37. The summed E-state index contributed by atoms with van der Waals surface area (Å²) >= 11 is 0. The van der Waals surface area contributed by atoms with Gasteiger partial charge in [-0.2, -0.15) is 0 Å². The molecule has 0 heterocycles. The van der Waals surface area contributed by atoms with Crippen LogP contribution in [-0.2, 0) is 0 Å². The van der Waals surface area contributed by atoms with E-state index in [1.165, 1.54) is 0 Å². The lowest BCUT2D eigenvalue weighted by molar-refractivity contribution is 0.0950. The Bertz CT molecular complexity index is 987. The van der Waals surface area contributed by atoms with E-state index in [-0.39, 0.29) is 11.8 Å². The minimum Gasteiger partial charge on any atom is -0.352 e. The third kappa shape index (κ3) is 4.34. The number of fused-ring (bicyclic) bond motifs is 1. The molecule has 3 aromatic carbocycles. The summed E-state index contributed by atoms with van der Waals surface area (Å²) in [5, 5.41) is 7.73. The van der Waals surface area contributed by atoms with Gasteiger partial charge in [-0.05, 0) is 47.4 Å². The Labute approximate surface area is 159 Å². The van der Waals surface area contributed by atoms with Crippen molar-refractivity contribution in [3.63, 3.8) is 0 Å². The molecule has 0 aliphatic heterocycles. The number of benzene rings is 3. The van der Waals surface area contributed by atoms with Gasteiger partial charge in [-0.3, -0.25) is 9.59 Å². The SMILES string of the molecule is Cc1ccc(C(=O)NCC(C)C)c(NC(=O)c2cccc3ccccc23)c1. The van der Waals surface area contributed by atoms with Crippen molar-refractivity contribution in [3.05, 3.63) is 77.4 Å². The molecule has 27 heavy (non-hydrogen) atoms. The Morgan fingerprint density at radius 2 is 1.63 bits per heavy atom. The lowest BCUT2D eigenvalue weighted by atomic mass is 10.0. The van der Waals surface area contributed by atoms with E-state index in [4.69, 9.17) is 0 Å². The maximum absolute atomic E-state index is 12.9. The topological polar surface area (TPSA) is 58.2 Å². The molecule has 2 amide bonds. The van der Waals surface area contributed by atoms with Crippen molar-refractivity contribution in [1.29, 1.82) is 0 Å². The van der Waals surface area contributed by atoms with Gasteiger partial charge in [-0.25, -0.2) is 0 Å². The van der Waals surface area contributed by atoms with E-state index in [1.54, 1.807) is 12.1 Å². The molecule has 0 saturated carbocycles. The molecule has 0 saturated heterocycles. The Balaban J connectivity index is 1.91. The van der Waals surface area contributed by atoms with Gasteiger partial charge >= 0.3 is 0 Å². The predicted octanol–water partition coefficient (Wildman–Crippen LogP) is 4.79. The summed E-state index contributed by atoms with van der Waals surface area (Å²) in [7, 11) is 0. The summed E-state index contributed by atoms with van der Waals surface area (Å²) in [5.74, 6) is -0.0552. The molecule has 3 rings (SSSR count). The molecule has 0 atom stereocenters. The molecule has 0 aliphatic rings. The monoisotopic (exact) mass is 360 g/mol. The molecule has 0 aromatic heterocycles. The zero-order chi connectivity index (χ0) is 19.4. The van der Waals surface area contributed by atoms with Crippen LogP contribution in [-0.4, -0.2) is 18.4 Å². The first-order valence-corrected chi connectivity index (χ1v) is 9.13. The Kier molecular flexibility index (Phi) is 5.55. The fraction of sp³-hybridized carbons (Fsp3) is 0.217. The summed E-state index contributed by atoms with van der Waals surface area (Å²) in [5.41, 5.74) is 2.55. The van der Waals surface area contributed by atoms with Crippen LogP contribution in [0.2, 0.25) is 0 Å². The molecular formula is C23H24N2O2. The second-order valence-electron chi connectivity index (χ2n) is 7.13. The highest BCUT2D eigenvalue weighted by atomic mass is 16.2. The van der Waals surface area contributed by atoms with Crippen LogP contribution in [0.4, 0.5) is 5.69 Å². The molecule has 0 radical (unpaired) electrons. The maximum Gasteiger partial charge on any atom is 0.256 e. The van der Waals surface area contributed by atoms with E-state index < -0.39 is 0 Å². The van der Waals surface area contributed by atoms with Crippen molar-refractivity contribution in [2.24, 2.45) is 5.92 Å². The highest BCUT2D eigenvalue weighted by Gasteiger charge is 2.16. The number of amides is 2. The zero-order valence-corrected chi connectivity index (χ0v) is 15.9. The average molecular weight is 360 g/mol. The lowest BCUT2D eigenvalue weighted by Gasteiger charge is -2.14. The number of carbonyl (C=O) groups is 2. The second-order valence-corrected chi connectivity index (χ2v) is 7.13. The van der Waals surface area contributed by atoms with Crippen LogP contribution in [0.3, 0.4) is 0 Å². The van der Waals surface area contributed by atoms with Crippen molar-refractivity contribution in [3.8, 4) is 0 Å². The van der Waals surface area contributed by atoms with E-state index in [9.17, 15) is 9.59 Å². The molecular weight excluding hydrogens is 336 g/mol. The molecule has 3 aromatic rings. The highest BCUT2D eigenvalue weighted by molar-refractivity contribution is 6.14. The molecule has 0 unspecified atom stereocenters. The highest BCUT2D eigenvalue weighted by Crippen LogP contribution is 2.22. The molecule has 138 valence electrons. The van der Waals surface area contributed by atoms with Gasteiger partial charge in [0.15, 0.2) is 0 Å². The van der Waals surface area contributed by atoms with E-state index in [0.29, 0.717) is 29.3 Å². The second kappa shape index (κ2) is 8.04. The third-order valence-corrected chi connectivity index (χ3v) is 4.37. The summed E-state index contributed by atoms with van der Waals surface area (Å²) in [4.78, 5) is 25.5. The minimum absolute atomic E-state index is 0.183. The fourth-order valence-corrected chi connectivity index (χ4v) is 2.96. The first-order chi connectivity index (χ1) is 13.0. The fourth-order valence-electron chi connectivity index (χ4n) is 2.96. The number of carbonyl (C=O) groups excluding carboxylic acids is 2. The molecule has 0 bridgehead atoms. The van der Waals surface area contributed by atoms with Crippen molar-refractivity contribution in [2.75, 3.05) is 11.9 Å². The van der Waals surface area contributed by atoms with Gasteiger partial charge in [-0.1, -0.05) is 56.3 Å². The molecule has 0 fully saturated rings. The van der Waals surface area contributed by atoms with Crippen LogP contribution in [0, 0.1) is 12.8 Å². The number of nitrogens with one attached hydrogen (secondary N) is 2. The van der Waals surface area contributed by atoms with Crippen LogP contribution < -0.4 is 10.6 Å². The number of hydrogen-bond acceptors (Lipinski definition) is 2. The van der Waals surface area contributed by atoms with E-state index in [1.807, 2.05) is 69.3 Å². The predicted molar refractivity (Wildman–Crippen MR) is 110 cm³/mol. The number of rotatable bonds is 5. The van der Waals surface area contributed by atoms with Crippen LogP contribution in [0.25, 0.3) is 10.8 Å². The number of anilines is 1. The van der Waals surface area contributed by atoms with Gasteiger partial charge in [0.1, 0.15) is 0 Å². The summed E-state index contributed by atoms with van der Waals surface area (Å²) in [6, 6.07) is 18.9. The quantitative estimate of drug-likeness (QED) is 0.687. The Hall–Kier alpha value is -3.14. The summed E-state index contributed by atoms with van der Waals surface area (Å²) in [6.07, 6.45) is 0. The lowest BCUT2D eigenvalue weighted by Crippen LogP contribution is -2.28. The maximum atomic E-state index is 12.9. The van der Waals surface area contributed by atoms with Gasteiger partial charge in [0.2, 0.25) is 0 Å². The standard InChI is InChI=1S/C23H24N2O2/c1-15(2)14-24-22(26)20-12-11-16(3)13-21(20)25-23(27)19-10-6-8-17-7-4-5-9-18(17)19/h4-13,15H,14H2,1-3H3,(H,24,26)(H,25,27). The molecule has 2 N–H and O–H groups in total. The van der Waals surface area contributed by atoms with Gasteiger partial charge in [0.05, 0.1) is 11.3 Å². The molecule has 0 aliphatic carbocycles. The first-order valence-electron chi connectivity index (χ1n) is 9.13. The zero-order valence-electron chi connectivity index (χ0n) is 15.9. The van der Waals surface area contributed by atoms with Gasteiger partial charge < -0.3 is 10.6 Å². The van der Waals surface area contributed by atoms with E-state index in [0.717, 1.165) is 16.3 Å². The van der Waals surface area contributed by atoms with Crippen LogP contribution in [0.1, 0.15) is 40.1 Å². The molecule has 4 nitrogen and oxygen atoms in total. The van der Waals surface area contributed by atoms with E-state index in [2.05, 4.69) is 10.6 Å². The van der Waals surface area contributed by atoms with Crippen LogP contribution in [0.5, 0.6) is 0 Å². The van der Waals surface area contributed by atoms with Crippen molar-refractivity contribution in [1.82, 2.24) is 5.32 Å². The molecule has 0 spiro atoms. The van der Waals surface area contributed by atoms with Gasteiger partial charge in [0.25, 0.3) is 11.8 Å². The van der Waals surface area contributed by atoms with Gasteiger partial charge in [-0.15, -0.1) is 0 Å². The van der Waals surface area contributed by atoms with Crippen molar-refractivity contribution < 1.29 is 9.59 Å².